The van der Waals surface area contributed by atoms with Crippen molar-refractivity contribution in [2.45, 2.75) is 6.67 Å². The maximum absolute atomic E-state index is 4.21. The molecule has 0 bridgehead atoms. The average molecular weight is 171 g/mol. The van der Waals surface area contributed by atoms with E-state index in [-0.39, 0.29) is 0 Å². The Hall–Kier alpha value is -1.77. The Balaban J connectivity index is 2.30. The zero-order chi connectivity index (χ0) is 8.67. The lowest BCUT2D eigenvalue weighted by Gasteiger charge is -2.19. The van der Waals surface area contributed by atoms with Crippen LogP contribution in [0.3, 0.4) is 0 Å². The van der Waals surface area contributed by atoms with Crippen LogP contribution in [0.25, 0.3) is 11.3 Å². The second-order valence-electron chi connectivity index (χ2n) is 3.10. The lowest BCUT2D eigenvalue weighted by atomic mass is 10.1. The smallest absolute Gasteiger partial charge is 0.110 e. The van der Waals surface area contributed by atoms with Crippen LogP contribution in [0.4, 0.5) is 5.69 Å². The van der Waals surface area contributed by atoms with Gasteiger partial charge >= 0.3 is 0 Å². The Morgan fingerprint density at radius 1 is 1.23 bits per heavy atom. The normalized spacial score (nSPS) is 12.9. The van der Waals surface area contributed by atoms with E-state index in [0.29, 0.717) is 0 Å². The van der Waals surface area contributed by atoms with E-state index in [0.717, 1.165) is 6.67 Å². The predicted octanol–water partition coefficient (Wildman–Crippen LogP) is 1.93. The molecule has 0 fully saturated rings. The van der Waals surface area contributed by atoms with E-state index in [1.54, 1.807) is 0 Å². The van der Waals surface area contributed by atoms with Gasteiger partial charge < -0.3 is 5.32 Å². The predicted molar refractivity (Wildman–Crippen MR) is 51.3 cm³/mol. The molecule has 3 rings (SSSR count). The number of rotatable bonds is 0. The molecular formula is C10H9N3. The number of nitrogens with one attached hydrogen (secondary N) is 1. The summed E-state index contributed by atoms with van der Waals surface area (Å²) < 4.78 is 1.96. The van der Waals surface area contributed by atoms with E-state index in [2.05, 4.69) is 22.5 Å². The summed E-state index contributed by atoms with van der Waals surface area (Å²) in [5.74, 6) is 0. The molecule has 3 nitrogen and oxygen atoms in total. The van der Waals surface area contributed by atoms with Crippen LogP contribution in [-0.4, -0.2) is 9.78 Å². The van der Waals surface area contributed by atoms with Crippen molar-refractivity contribution in [1.29, 1.82) is 0 Å². The van der Waals surface area contributed by atoms with E-state index in [1.807, 2.05) is 29.1 Å². The lowest BCUT2D eigenvalue weighted by molar-refractivity contribution is 0.668. The van der Waals surface area contributed by atoms with Gasteiger partial charge in [-0.25, -0.2) is 4.68 Å². The Kier molecular flexibility index (Phi) is 1.22. The van der Waals surface area contributed by atoms with Crippen LogP contribution in [0.15, 0.2) is 36.5 Å². The van der Waals surface area contributed by atoms with Crippen LogP contribution < -0.4 is 5.32 Å². The minimum atomic E-state index is 0.763. The van der Waals surface area contributed by atoms with E-state index >= 15 is 0 Å². The quantitative estimate of drug-likeness (QED) is 0.656. The fourth-order valence-electron chi connectivity index (χ4n) is 1.71. The molecule has 1 aliphatic rings. The van der Waals surface area contributed by atoms with Gasteiger partial charge in [-0.05, 0) is 12.1 Å². The van der Waals surface area contributed by atoms with E-state index in [4.69, 9.17) is 0 Å². The van der Waals surface area contributed by atoms with Gasteiger partial charge in [0.05, 0.1) is 5.69 Å². The van der Waals surface area contributed by atoms with Gasteiger partial charge in [0.15, 0.2) is 0 Å². The first-order chi connectivity index (χ1) is 6.45. The minimum absolute atomic E-state index is 0.763. The van der Waals surface area contributed by atoms with Crippen molar-refractivity contribution in [1.82, 2.24) is 9.78 Å². The molecule has 0 saturated heterocycles. The molecule has 0 saturated carbocycles. The summed E-state index contributed by atoms with van der Waals surface area (Å²) in [4.78, 5) is 0. The van der Waals surface area contributed by atoms with Crippen molar-refractivity contribution in [3.05, 3.63) is 36.5 Å². The summed E-state index contributed by atoms with van der Waals surface area (Å²) in [6, 6.07) is 10.3. The van der Waals surface area contributed by atoms with Gasteiger partial charge in [-0.15, -0.1) is 0 Å². The highest BCUT2D eigenvalue weighted by atomic mass is 15.3. The van der Waals surface area contributed by atoms with E-state index in [1.165, 1.54) is 16.9 Å². The molecule has 2 heterocycles. The molecule has 2 aromatic rings. The van der Waals surface area contributed by atoms with Gasteiger partial charge in [-0.1, -0.05) is 18.2 Å². The van der Waals surface area contributed by atoms with Crippen molar-refractivity contribution in [2.75, 3.05) is 5.32 Å². The number of hydrogen-bond donors (Lipinski definition) is 1. The second kappa shape index (κ2) is 2.36. The highest BCUT2D eigenvalue weighted by molar-refractivity contribution is 5.76. The molecule has 3 heteroatoms. The summed E-state index contributed by atoms with van der Waals surface area (Å²) in [5.41, 5.74) is 3.61. The number of benzene rings is 1. The monoisotopic (exact) mass is 171 g/mol. The molecule has 1 aliphatic heterocycles. The van der Waals surface area contributed by atoms with Gasteiger partial charge in [-0.2, -0.15) is 5.10 Å². The molecule has 1 N–H and O–H groups in total. The molecule has 0 radical (unpaired) electrons. The van der Waals surface area contributed by atoms with Gasteiger partial charge in [0.1, 0.15) is 6.67 Å². The first-order valence-corrected chi connectivity index (χ1v) is 4.30. The standard InChI is InChI=1S/C10H9N3/c1-2-4-9-8(3-1)10-5-6-12-13(10)7-11-9/h1-6,11H,7H2. The lowest BCUT2D eigenvalue weighted by Crippen LogP contribution is -2.15. The van der Waals surface area contributed by atoms with Crippen molar-refractivity contribution in [3.8, 4) is 11.3 Å². The largest absolute Gasteiger partial charge is 0.366 e. The topological polar surface area (TPSA) is 29.9 Å². The van der Waals surface area contributed by atoms with E-state index < -0.39 is 0 Å². The van der Waals surface area contributed by atoms with Crippen LogP contribution in [0.2, 0.25) is 0 Å². The third-order valence-corrected chi connectivity index (χ3v) is 2.34. The molecule has 1 aromatic heterocycles. The summed E-state index contributed by atoms with van der Waals surface area (Å²) in [7, 11) is 0. The molecule has 1 aromatic carbocycles. The third kappa shape index (κ3) is 0.869. The third-order valence-electron chi connectivity index (χ3n) is 2.34. The van der Waals surface area contributed by atoms with Crippen molar-refractivity contribution in [2.24, 2.45) is 0 Å². The zero-order valence-corrected chi connectivity index (χ0v) is 7.07. The fourth-order valence-corrected chi connectivity index (χ4v) is 1.71. The molecular weight excluding hydrogens is 162 g/mol. The summed E-state index contributed by atoms with van der Waals surface area (Å²) >= 11 is 0. The van der Waals surface area contributed by atoms with Crippen molar-refractivity contribution >= 4 is 5.69 Å². The first-order valence-electron chi connectivity index (χ1n) is 4.30. The summed E-state index contributed by atoms with van der Waals surface area (Å²) in [6.07, 6.45) is 1.83. The maximum atomic E-state index is 4.21. The Morgan fingerprint density at radius 3 is 3.15 bits per heavy atom. The molecule has 0 amide bonds. The first kappa shape index (κ1) is 6.71. The molecule has 0 aliphatic carbocycles. The maximum Gasteiger partial charge on any atom is 0.110 e. The zero-order valence-electron chi connectivity index (χ0n) is 7.07. The molecule has 13 heavy (non-hydrogen) atoms. The number of hydrogen-bond acceptors (Lipinski definition) is 2. The Bertz CT molecular complexity index is 445. The number of anilines is 1. The molecule has 0 spiro atoms. The van der Waals surface area contributed by atoms with E-state index in [9.17, 15) is 0 Å². The van der Waals surface area contributed by atoms with Gasteiger partial charge in [0, 0.05) is 17.4 Å². The minimum Gasteiger partial charge on any atom is -0.366 e. The average Bonchev–Trinajstić information content (AvgIpc) is 2.65. The molecule has 0 atom stereocenters. The Labute approximate surface area is 76.0 Å². The van der Waals surface area contributed by atoms with Crippen LogP contribution in [0.1, 0.15) is 0 Å². The molecule has 64 valence electrons. The number of fused-ring (bicyclic) bond motifs is 3. The van der Waals surface area contributed by atoms with Crippen LogP contribution in [0, 0.1) is 0 Å². The second-order valence-corrected chi connectivity index (χ2v) is 3.10. The van der Waals surface area contributed by atoms with Crippen molar-refractivity contribution < 1.29 is 0 Å². The van der Waals surface area contributed by atoms with Gasteiger partial charge in [-0.3, -0.25) is 0 Å². The summed E-state index contributed by atoms with van der Waals surface area (Å²) in [6.45, 7) is 0.763. The van der Waals surface area contributed by atoms with Crippen LogP contribution >= 0.6 is 0 Å². The highest BCUT2D eigenvalue weighted by Crippen LogP contribution is 2.30. The van der Waals surface area contributed by atoms with Crippen LogP contribution in [0.5, 0.6) is 0 Å². The SMILES string of the molecule is c1ccc2c(c1)NCn1nccc1-2. The number of para-hydroxylation sites is 1. The Morgan fingerprint density at radius 2 is 2.15 bits per heavy atom. The summed E-state index contributed by atoms with van der Waals surface area (Å²) in [5, 5.41) is 7.52. The number of nitrogens with zero attached hydrogens (tertiary/aromatic N) is 2. The fraction of sp³-hybridized carbons (Fsp3) is 0.100. The van der Waals surface area contributed by atoms with Crippen molar-refractivity contribution in [3.63, 3.8) is 0 Å². The van der Waals surface area contributed by atoms with Gasteiger partial charge in [0.2, 0.25) is 0 Å². The number of aromatic nitrogens is 2. The van der Waals surface area contributed by atoms with Gasteiger partial charge in [0.25, 0.3) is 0 Å². The van der Waals surface area contributed by atoms with Crippen LogP contribution in [-0.2, 0) is 6.67 Å². The molecule has 0 unspecified atom stereocenters. The highest BCUT2D eigenvalue weighted by Gasteiger charge is 2.13.